The molecule has 0 radical (unpaired) electrons. The van der Waals surface area contributed by atoms with Crippen LogP contribution in [0.25, 0.3) is 11.3 Å². The van der Waals surface area contributed by atoms with Crippen molar-refractivity contribution in [3.8, 4) is 11.3 Å². The number of pyridine rings is 1. The summed E-state index contributed by atoms with van der Waals surface area (Å²) in [6.07, 6.45) is 3.50. The molecular formula is C20H30GeN+. The molecule has 0 amide bonds. The fourth-order valence-corrected chi connectivity index (χ4v) is 5.32. The minimum atomic E-state index is -1.76. The van der Waals surface area contributed by atoms with Crippen LogP contribution in [0.1, 0.15) is 25.0 Å². The van der Waals surface area contributed by atoms with Crippen molar-refractivity contribution >= 4 is 17.7 Å². The van der Waals surface area contributed by atoms with Crippen molar-refractivity contribution < 1.29 is 4.57 Å². The summed E-state index contributed by atoms with van der Waals surface area (Å²) >= 11 is -1.76. The van der Waals surface area contributed by atoms with E-state index in [9.17, 15) is 0 Å². The van der Waals surface area contributed by atoms with Crippen molar-refractivity contribution in [1.82, 2.24) is 0 Å². The molecular weight excluding hydrogens is 327 g/mol. The molecule has 2 rings (SSSR count). The molecule has 0 unspecified atom stereocenters. The molecule has 118 valence electrons. The summed E-state index contributed by atoms with van der Waals surface area (Å²) < 4.78 is 3.87. The van der Waals surface area contributed by atoms with Gasteiger partial charge in [-0.2, -0.15) is 0 Å². The zero-order chi connectivity index (χ0) is 16.5. The van der Waals surface area contributed by atoms with Gasteiger partial charge in [0.25, 0.3) is 0 Å². The Bertz CT molecular complexity index is 666. The van der Waals surface area contributed by atoms with E-state index in [2.05, 4.69) is 86.2 Å². The molecule has 0 aliphatic carbocycles. The van der Waals surface area contributed by atoms with Crippen molar-refractivity contribution in [2.45, 2.75) is 44.5 Å². The first-order chi connectivity index (χ1) is 10.2. The average molecular weight is 357 g/mol. The van der Waals surface area contributed by atoms with Gasteiger partial charge in [0.1, 0.15) is 0 Å². The first kappa shape index (κ1) is 17.3. The van der Waals surface area contributed by atoms with Gasteiger partial charge in [-0.25, -0.2) is 0 Å². The third-order valence-electron chi connectivity index (χ3n) is 4.22. The molecule has 0 spiro atoms. The molecule has 1 aromatic carbocycles. The number of hydrogen-bond donors (Lipinski definition) is 0. The van der Waals surface area contributed by atoms with E-state index in [4.69, 9.17) is 0 Å². The summed E-state index contributed by atoms with van der Waals surface area (Å²) in [5, 5.41) is 0. The van der Waals surface area contributed by atoms with Gasteiger partial charge in [0.05, 0.1) is 0 Å². The van der Waals surface area contributed by atoms with Gasteiger partial charge in [-0.1, -0.05) is 0 Å². The van der Waals surface area contributed by atoms with Gasteiger partial charge >= 0.3 is 139 Å². The van der Waals surface area contributed by atoms with Crippen LogP contribution in [0.15, 0.2) is 36.5 Å². The van der Waals surface area contributed by atoms with E-state index in [1.165, 1.54) is 22.4 Å². The van der Waals surface area contributed by atoms with Crippen molar-refractivity contribution in [2.24, 2.45) is 13.0 Å². The average Bonchev–Trinajstić information content (AvgIpc) is 2.39. The Morgan fingerprint density at radius 3 is 2.27 bits per heavy atom. The Hall–Kier alpha value is -1.09. The van der Waals surface area contributed by atoms with Crippen LogP contribution in [0.3, 0.4) is 0 Å². The molecule has 1 aromatic heterocycles. The Morgan fingerprint density at radius 1 is 1.05 bits per heavy atom. The van der Waals surface area contributed by atoms with E-state index < -0.39 is 13.3 Å². The number of aromatic nitrogens is 1. The monoisotopic (exact) mass is 358 g/mol. The predicted molar refractivity (Wildman–Crippen MR) is 99.3 cm³/mol. The molecule has 0 atom stereocenters. The molecule has 0 saturated carbocycles. The summed E-state index contributed by atoms with van der Waals surface area (Å²) in [6.45, 7) is 6.78. The Balaban J connectivity index is 2.47. The molecule has 0 saturated heterocycles. The molecule has 22 heavy (non-hydrogen) atoms. The van der Waals surface area contributed by atoms with Crippen molar-refractivity contribution in [3.05, 3.63) is 47.7 Å². The fraction of sp³-hybridized carbons (Fsp3) is 0.450. The molecule has 0 fully saturated rings. The number of nitrogens with zero attached hydrogens (tertiary/aromatic N) is 1. The van der Waals surface area contributed by atoms with Crippen LogP contribution in [0, 0.1) is 12.8 Å². The molecule has 2 aromatic rings. The van der Waals surface area contributed by atoms with Gasteiger partial charge < -0.3 is 0 Å². The van der Waals surface area contributed by atoms with Crippen LogP contribution in [-0.2, 0) is 13.5 Å². The Morgan fingerprint density at radius 2 is 1.73 bits per heavy atom. The Kier molecular flexibility index (Phi) is 5.16. The summed E-state index contributed by atoms with van der Waals surface area (Å²) in [4.78, 5) is 0. The van der Waals surface area contributed by atoms with Crippen molar-refractivity contribution in [1.29, 1.82) is 0 Å². The molecule has 1 heterocycles. The minimum absolute atomic E-state index is 0.695. The second-order valence-electron chi connectivity index (χ2n) is 7.91. The first-order valence-electron chi connectivity index (χ1n) is 8.28. The normalized spacial score (nSPS) is 12.0. The van der Waals surface area contributed by atoms with Crippen molar-refractivity contribution in [2.75, 3.05) is 0 Å². The summed E-state index contributed by atoms with van der Waals surface area (Å²) in [6, 6.07) is 11.6. The maximum absolute atomic E-state index is 2.45. The number of aryl methyl sites for hydroxylation is 2. The van der Waals surface area contributed by atoms with Crippen LogP contribution in [0.4, 0.5) is 0 Å². The van der Waals surface area contributed by atoms with E-state index in [1.54, 1.807) is 4.40 Å². The fourth-order valence-electron chi connectivity index (χ4n) is 2.87. The topological polar surface area (TPSA) is 3.88 Å². The van der Waals surface area contributed by atoms with Gasteiger partial charge in [0.2, 0.25) is 0 Å². The number of hydrogen-bond acceptors (Lipinski definition) is 0. The molecule has 1 nitrogen and oxygen atoms in total. The maximum atomic E-state index is 2.45. The van der Waals surface area contributed by atoms with Gasteiger partial charge in [0.15, 0.2) is 0 Å². The van der Waals surface area contributed by atoms with E-state index in [0.29, 0.717) is 5.92 Å². The van der Waals surface area contributed by atoms with Gasteiger partial charge in [-0.15, -0.1) is 0 Å². The first-order valence-corrected chi connectivity index (χ1v) is 15.6. The number of rotatable bonds is 4. The van der Waals surface area contributed by atoms with Gasteiger partial charge in [-0.3, -0.25) is 0 Å². The van der Waals surface area contributed by atoms with Crippen LogP contribution >= 0.6 is 0 Å². The second kappa shape index (κ2) is 6.58. The van der Waals surface area contributed by atoms with E-state index in [0.717, 1.165) is 6.42 Å². The Labute approximate surface area is 138 Å². The zero-order valence-corrected chi connectivity index (χ0v) is 17.3. The molecule has 0 N–H and O–H groups in total. The van der Waals surface area contributed by atoms with E-state index in [-0.39, 0.29) is 0 Å². The zero-order valence-electron chi connectivity index (χ0n) is 15.2. The summed E-state index contributed by atoms with van der Waals surface area (Å²) in [7, 11) is 2.18. The summed E-state index contributed by atoms with van der Waals surface area (Å²) in [5.74, 6) is 8.04. The quantitative estimate of drug-likeness (QED) is 0.570. The van der Waals surface area contributed by atoms with Crippen LogP contribution in [-0.4, -0.2) is 13.3 Å². The molecule has 2 heteroatoms. The van der Waals surface area contributed by atoms with Crippen molar-refractivity contribution in [3.63, 3.8) is 0 Å². The van der Waals surface area contributed by atoms with Crippen LogP contribution < -0.4 is 8.96 Å². The second-order valence-corrected chi connectivity index (χ2v) is 18.6. The van der Waals surface area contributed by atoms with E-state index in [1.807, 2.05) is 0 Å². The summed E-state index contributed by atoms with van der Waals surface area (Å²) in [5.41, 5.74) is 5.48. The standard InChI is InChI=1S/C20H30GeN/c1-15(2)12-17-9-8-16(3)19(13-17)20-11-10-18(14-22(20)7)21(4,5)6/h8-11,13-15H,12H2,1-7H3/q+1. The third-order valence-corrected chi connectivity index (χ3v) is 8.48. The third kappa shape index (κ3) is 4.01. The van der Waals surface area contributed by atoms with Crippen LogP contribution in [0.5, 0.6) is 0 Å². The number of benzene rings is 1. The van der Waals surface area contributed by atoms with Gasteiger partial charge in [0, 0.05) is 0 Å². The molecule has 0 aliphatic heterocycles. The van der Waals surface area contributed by atoms with Crippen LogP contribution in [0.2, 0.25) is 17.3 Å². The van der Waals surface area contributed by atoms with E-state index >= 15 is 0 Å². The molecule has 0 aliphatic rings. The molecule has 0 bridgehead atoms. The predicted octanol–water partition coefficient (Wildman–Crippen LogP) is 4.23. The SMILES string of the molecule is Cc1ccc(CC(C)C)cc1-c1cc[c]([Ge]([CH3])([CH3])[CH3])c[n+]1C. The van der Waals surface area contributed by atoms with Gasteiger partial charge in [-0.05, 0) is 0 Å².